The third-order valence-corrected chi connectivity index (χ3v) is 4.70. The second-order valence-electron chi connectivity index (χ2n) is 6.76. The van der Waals surface area contributed by atoms with Crippen LogP contribution in [0.5, 0.6) is 0 Å². The Bertz CT molecular complexity index is 780. The van der Waals surface area contributed by atoms with E-state index < -0.39 is 5.60 Å². The first-order valence-electron chi connectivity index (χ1n) is 8.79. The van der Waals surface area contributed by atoms with Gasteiger partial charge in [0.1, 0.15) is 11.4 Å². The molecule has 2 aromatic rings. The maximum absolute atomic E-state index is 12.9. The zero-order chi connectivity index (χ0) is 18.6. The first-order valence-corrected chi connectivity index (χ1v) is 8.79. The number of benzene rings is 1. The summed E-state index contributed by atoms with van der Waals surface area (Å²) < 4.78 is 5.95. The van der Waals surface area contributed by atoms with Crippen LogP contribution in [0, 0.1) is 6.92 Å². The van der Waals surface area contributed by atoms with Crippen molar-refractivity contribution in [1.82, 2.24) is 9.88 Å². The fourth-order valence-electron chi connectivity index (χ4n) is 3.35. The van der Waals surface area contributed by atoms with Crippen LogP contribution in [0.1, 0.15) is 21.5 Å². The molecule has 1 aliphatic rings. The molecule has 0 unspecified atom stereocenters. The van der Waals surface area contributed by atoms with Gasteiger partial charge < -0.3 is 20.1 Å². The number of rotatable bonds is 5. The Morgan fingerprint density at radius 2 is 2.23 bits per heavy atom. The summed E-state index contributed by atoms with van der Waals surface area (Å²) in [7, 11) is 1.77. The van der Waals surface area contributed by atoms with Gasteiger partial charge in [0.2, 0.25) is 0 Å². The number of aromatic nitrogens is 1. The van der Waals surface area contributed by atoms with Crippen LogP contribution < -0.4 is 5.32 Å². The molecule has 1 aliphatic heterocycles. The van der Waals surface area contributed by atoms with Gasteiger partial charge >= 0.3 is 0 Å². The van der Waals surface area contributed by atoms with Gasteiger partial charge in [-0.2, -0.15) is 0 Å². The Morgan fingerprint density at radius 3 is 2.96 bits per heavy atom. The lowest BCUT2D eigenvalue weighted by atomic mass is 9.92. The third-order valence-electron chi connectivity index (χ3n) is 4.70. The number of pyridine rings is 1. The Balaban J connectivity index is 1.78. The van der Waals surface area contributed by atoms with E-state index in [1.165, 1.54) is 0 Å². The van der Waals surface area contributed by atoms with Gasteiger partial charge in [-0.1, -0.05) is 29.8 Å². The zero-order valence-corrected chi connectivity index (χ0v) is 15.2. The number of hydrogen-bond donors (Lipinski definition) is 2. The summed E-state index contributed by atoms with van der Waals surface area (Å²) in [6.07, 6.45) is 2.18. The van der Waals surface area contributed by atoms with Crippen LogP contribution in [0.3, 0.4) is 0 Å². The van der Waals surface area contributed by atoms with E-state index in [9.17, 15) is 9.90 Å². The van der Waals surface area contributed by atoms with E-state index in [4.69, 9.17) is 4.74 Å². The summed E-state index contributed by atoms with van der Waals surface area (Å²) in [5.41, 5.74) is 2.06. The molecule has 0 saturated carbocycles. The van der Waals surface area contributed by atoms with Crippen molar-refractivity contribution in [3.8, 4) is 0 Å². The molecule has 1 fully saturated rings. The van der Waals surface area contributed by atoms with Crippen LogP contribution in [0.15, 0.2) is 42.6 Å². The predicted molar refractivity (Wildman–Crippen MR) is 100 cm³/mol. The second-order valence-corrected chi connectivity index (χ2v) is 6.76. The average Bonchev–Trinajstić information content (AvgIpc) is 2.67. The zero-order valence-electron chi connectivity index (χ0n) is 15.2. The SMILES string of the molecule is CNc1cc(C(=O)N2CCO[C@](CO)(Cc3cccc(C)c3)C2)ccn1. The molecule has 2 heterocycles. The molecule has 1 amide bonds. The highest BCUT2D eigenvalue weighted by molar-refractivity contribution is 5.95. The van der Waals surface area contributed by atoms with Gasteiger partial charge in [0.25, 0.3) is 5.91 Å². The number of nitrogens with zero attached hydrogens (tertiary/aromatic N) is 2. The van der Waals surface area contributed by atoms with Gasteiger partial charge in [0.05, 0.1) is 19.8 Å². The van der Waals surface area contributed by atoms with Gasteiger partial charge in [-0.05, 0) is 24.6 Å². The van der Waals surface area contributed by atoms with Crippen LogP contribution in [0.4, 0.5) is 5.82 Å². The monoisotopic (exact) mass is 355 g/mol. The van der Waals surface area contributed by atoms with Crippen LogP contribution in [0.2, 0.25) is 0 Å². The highest BCUT2D eigenvalue weighted by Gasteiger charge is 2.38. The smallest absolute Gasteiger partial charge is 0.254 e. The summed E-state index contributed by atoms with van der Waals surface area (Å²) in [5, 5.41) is 13.0. The number of carbonyl (C=O) groups excluding carboxylic acids is 1. The number of aryl methyl sites for hydroxylation is 1. The van der Waals surface area contributed by atoms with Crippen LogP contribution in [-0.4, -0.2) is 59.8 Å². The number of anilines is 1. The van der Waals surface area contributed by atoms with Crippen molar-refractivity contribution >= 4 is 11.7 Å². The van der Waals surface area contributed by atoms with E-state index in [0.717, 1.165) is 11.1 Å². The maximum Gasteiger partial charge on any atom is 0.254 e. The number of aliphatic hydroxyl groups is 1. The van der Waals surface area contributed by atoms with Gasteiger partial charge in [-0.25, -0.2) is 4.98 Å². The summed E-state index contributed by atoms with van der Waals surface area (Å²) in [6.45, 7) is 3.17. The molecule has 0 spiro atoms. The van der Waals surface area contributed by atoms with Gasteiger partial charge in [-0.15, -0.1) is 0 Å². The van der Waals surface area contributed by atoms with E-state index in [-0.39, 0.29) is 12.5 Å². The molecule has 26 heavy (non-hydrogen) atoms. The number of carbonyl (C=O) groups is 1. The van der Waals surface area contributed by atoms with Crippen LogP contribution >= 0.6 is 0 Å². The molecule has 0 aliphatic carbocycles. The van der Waals surface area contributed by atoms with E-state index >= 15 is 0 Å². The molecule has 2 N–H and O–H groups in total. The Morgan fingerprint density at radius 1 is 1.38 bits per heavy atom. The van der Waals surface area contributed by atoms with Crippen molar-refractivity contribution in [2.24, 2.45) is 0 Å². The normalized spacial score (nSPS) is 20.0. The lowest BCUT2D eigenvalue weighted by molar-refractivity contribution is -0.123. The van der Waals surface area contributed by atoms with Crippen molar-refractivity contribution in [2.45, 2.75) is 18.9 Å². The van der Waals surface area contributed by atoms with Crippen molar-refractivity contribution in [3.05, 3.63) is 59.3 Å². The number of amides is 1. The minimum Gasteiger partial charge on any atom is -0.393 e. The average molecular weight is 355 g/mol. The molecule has 0 bridgehead atoms. The van der Waals surface area contributed by atoms with Crippen LogP contribution in [0.25, 0.3) is 0 Å². The lowest BCUT2D eigenvalue weighted by Crippen LogP contribution is -2.56. The van der Waals surface area contributed by atoms with Crippen molar-refractivity contribution in [1.29, 1.82) is 0 Å². The Labute approximate surface area is 153 Å². The van der Waals surface area contributed by atoms with E-state index in [1.54, 1.807) is 30.3 Å². The van der Waals surface area contributed by atoms with Gasteiger partial charge in [0.15, 0.2) is 0 Å². The molecule has 1 saturated heterocycles. The summed E-state index contributed by atoms with van der Waals surface area (Å²) in [4.78, 5) is 18.8. The van der Waals surface area contributed by atoms with Crippen LogP contribution in [-0.2, 0) is 11.2 Å². The highest BCUT2D eigenvalue weighted by atomic mass is 16.5. The minimum absolute atomic E-state index is 0.0748. The number of hydrogen-bond acceptors (Lipinski definition) is 5. The van der Waals surface area contributed by atoms with Crippen molar-refractivity contribution in [3.63, 3.8) is 0 Å². The fourth-order valence-corrected chi connectivity index (χ4v) is 3.35. The molecule has 1 atom stereocenters. The van der Waals surface area contributed by atoms with E-state index in [0.29, 0.717) is 37.5 Å². The predicted octanol–water partition coefficient (Wildman–Crippen LogP) is 1.88. The molecule has 138 valence electrons. The molecule has 6 nitrogen and oxygen atoms in total. The third kappa shape index (κ3) is 4.03. The summed E-state index contributed by atoms with van der Waals surface area (Å²) in [5.74, 6) is 0.576. The number of morpholine rings is 1. The maximum atomic E-state index is 12.9. The van der Waals surface area contributed by atoms with E-state index in [2.05, 4.69) is 16.4 Å². The lowest BCUT2D eigenvalue weighted by Gasteiger charge is -2.42. The molecule has 1 aromatic carbocycles. The highest BCUT2D eigenvalue weighted by Crippen LogP contribution is 2.25. The number of nitrogens with one attached hydrogen (secondary N) is 1. The van der Waals surface area contributed by atoms with Crippen molar-refractivity contribution < 1.29 is 14.6 Å². The molecule has 6 heteroatoms. The fraction of sp³-hybridized carbons (Fsp3) is 0.400. The number of ether oxygens (including phenoxy) is 1. The molecule has 3 rings (SSSR count). The Kier molecular flexibility index (Phi) is 5.54. The first-order chi connectivity index (χ1) is 12.5. The standard InChI is InChI=1S/C20H25N3O3/c1-15-4-3-5-16(10-15)12-20(14-24)13-23(8-9-26-20)19(25)17-6-7-22-18(11-17)21-2/h3-7,10-11,24H,8-9,12-14H2,1-2H3,(H,21,22)/t20-/m1/s1. The molecular weight excluding hydrogens is 330 g/mol. The minimum atomic E-state index is -0.777. The Hall–Kier alpha value is -2.44. The van der Waals surface area contributed by atoms with Crippen molar-refractivity contribution in [2.75, 3.05) is 38.7 Å². The molecule has 0 radical (unpaired) electrons. The molecular formula is C20H25N3O3. The molecule has 1 aromatic heterocycles. The quantitative estimate of drug-likeness (QED) is 0.857. The second kappa shape index (κ2) is 7.85. The first kappa shape index (κ1) is 18.4. The van der Waals surface area contributed by atoms with Gasteiger partial charge in [-0.3, -0.25) is 4.79 Å². The van der Waals surface area contributed by atoms with E-state index in [1.807, 2.05) is 25.1 Å². The van der Waals surface area contributed by atoms with Gasteiger partial charge in [0, 0.05) is 31.8 Å². The largest absolute Gasteiger partial charge is 0.393 e. The summed E-state index contributed by atoms with van der Waals surface area (Å²) in [6, 6.07) is 11.6. The number of aliphatic hydroxyl groups excluding tert-OH is 1. The summed E-state index contributed by atoms with van der Waals surface area (Å²) >= 11 is 0. The topological polar surface area (TPSA) is 74.7 Å².